The van der Waals surface area contributed by atoms with Crippen molar-refractivity contribution in [1.82, 2.24) is 9.80 Å². The Morgan fingerprint density at radius 3 is 2.44 bits per heavy atom. The molecule has 0 aromatic heterocycles. The fourth-order valence-corrected chi connectivity index (χ4v) is 2.86. The van der Waals surface area contributed by atoms with E-state index < -0.39 is 0 Å². The van der Waals surface area contributed by atoms with E-state index >= 15 is 0 Å². The second kappa shape index (κ2) is 5.15. The monoisotopic (exact) mass is 225 g/mol. The molecule has 0 aliphatic carbocycles. The predicted molar refractivity (Wildman–Crippen MR) is 64.1 cm³/mol. The summed E-state index contributed by atoms with van der Waals surface area (Å²) in [5.41, 5.74) is 5.75. The van der Waals surface area contributed by atoms with Gasteiger partial charge in [0.05, 0.1) is 6.04 Å². The molecular weight excluding hydrogens is 202 g/mol. The number of nitrogens with zero attached hydrogens (tertiary/aromatic N) is 2. The number of amides is 1. The molecule has 4 heteroatoms. The third kappa shape index (κ3) is 2.38. The van der Waals surface area contributed by atoms with E-state index in [1.807, 2.05) is 4.90 Å². The van der Waals surface area contributed by atoms with Crippen molar-refractivity contribution in [2.45, 2.75) is 44.7 Å². The Bertz CT molecular complexity index is 249. The minimum Gasteiger partial charge on any atom is -0.338 e. The summed E-state index contributed by atoms with van der Waals surface area (Å²) >= 11 is 0. The van der Waals surface area contributed by atoms with Gasteiger partial charge in [0.25, 0.3) is 0 Å². The van der Waals surface area contributed by atoms with Crippen LogP contribution in [0.2, 0.25) is 0 Å². The van der Waals surface area contributed by atoms with E-state index in [4.69, 9.17) is 5.73 Å². The van der Waals surface area contributed by atoms with Crippen molar-refractivity contribution < 1.29 is 4.79 Å². The maximum Gasteiger partial charge on any atom is 0.239 e. The van der Waals surface area contributed by atoms with Crippen LogP contribution >= 0.6 is 0 Å². The largest absolute Gasteiger partial charge is 0.338 e. The normalized spacial score (nSPS) is 29.0. The Morgan fingerprint density at radius 1 is 1.25 bits per heavy atom. The molecule has 92 valence electrons. The average Bonchev–Trinajstić information content (AvgIpc) is 2.62. The van der Waals surface area contributed by atoms with Crippen LogP contribution in [0, 0.1) is 0 Å². The number of hydrogen-bond donors (Lipinski definition) is 1. The number of rotatable bonds is 3. The van der Waals surface area contributed by atoms with Gasteiger partial charge >= 0.3 is 0 Å². The summed E-state index contributed by atoms with van der Waals surface area (Å²) in [7, 11) is 0. The molecule has 0 spiro atoms. The van der Waals surface area contributed by atoms with Gasteiger partial charge < -0.3 is 15.5 Å². The van der Waals surface area contributed by atoms with Gasteiger partial charge in [-0.1, -0.05) is 6.92 Å². The van der Waals surface area contributed by atoms with Crippen molar-refractivity contribution in [1.29, 1.82) is 0 Å². The summed E-state index contributed by atoms with van der Waals surface area (Å²) in [5, 5.41) is 0. The van der Waals surface area contributed by atoms with Crippen molar-refractivity contribution in [3.05, 3.63) is 0 Å². The van der Waals surface area contributed by atoms with Gasteiger partial charge in [-0.15, -0.1) is 0 Å². The van der Waals surface area contributed by atoms with Crippen LogP contribution in [0.5, 0.6) is 0 Å². The van der Waals surface area contributed by atoms with Crippen molar-refractivity contribution in [2.24, 2.45) is 5.73 Å². The van der Waals surface area contributed by atoms with Gasteiger partial charge in [0.15, 0.2) is 0 Å². The van der Waals surface area contributed by atoms with Gasteiger partial charge in [-0.3, -0.25) is 4.79 Å². The highest BCUT2D eigenvalue weighted by atomic mass is 16.2. The molecule has 4 nitrogen and oxygen atoms in total. The highest BCUT2D eigenvalue weighted by Crippen LogP contribution is 2.21. The summed E-state index contributed by atoms with van der Waals surface area (Å²) in [4.78, 5) is 16.3. The molecule has 1 atom stereocenters. The summed E-state index contributed by atoms with van der Waals surface area (Å²) in [5.74, 6) is 0.175. The van der Waals surface area contributed by atoms with Crippen LogP contribution in [0.15, 0.2) is 0 Å². The molecule has 2 N–H and O–H groups in total. The van der Waals surface area contributed by atoms with Crippen LogP contribution in [-0.4, -0.2) is 54.0 Å². The number of hydrogen-bond acceptors (Lipinski definition) is 3. The molecule has 1 amide bonds. The highest BCUT2D eigenvalue weighted by Gasteiger charge is 2.34. The van der Waals surface area contributed by atoms with Crippen LogP contribution < -0.4 is 5.73 Å². The lowest BCUT2D eigenvalue weighted by atomic mass is 10.0. The third-order valence-electron chi connectivity index (χ3n) is 3.82. The molecule has 2 heterocycles. The smallest absolute Gasteiger partial charge is 0.239 e. The Labute approximate surface area is 97.8 Å². The first-order valence-electron chi connectivity index (χ1n) is 6.50. The van der Waals surface area contributed by atoms with E-state index in [0.29, 0.717) is 6.04 Å². The predicted octanol–water partition coefficient (Wildman–Crippen LogP) is 0.420. The zero-order valence-electron chi connectivity index (χ0n) is 10.2. The van der Waals surface area contributed by atoms with E-state index in [2.05, 4.69) is 11.8 Å². The van der Waals surface area contributed by atoms with Gasteiger partial charge in [-0.25, -0.2) is 0 Å². The Balaban J connectivity index is 1.83. The Morgan fingerprint density at radius 2 is 1.94 bits per heavy atom. The van der Waals surface area contributed by atoms with Crippen molar-refractivity contribution in [3.8, 4) is 0 Å². The fourth-order valence-electron chi connectivity index (χ4n) is 2.86. The molecule has 2 saturated heterocycles. The number of carbonyl (C=O) groups excluding carboxylic acids is 1. The zero-order valence-corrected chi connectivity index (χ0v) is 10.2. The minimum absolute atomic E-state index is 0.175. The van der Waals surface area contributed by atoms with E-state index in [1.165, 1.54) is 13.0 Å². The second-order valence-corrected chi connectivity index (χ2v) is 5.00. The molecule has 2 aliphatic rings. The summed E-state index contributed by atoms with van der Waals surface area (Å²) in [6.07, 6.45) is 4.31. The topological polar surface area (TPSA) is 49.6 Å². The van der Waals surface area contributed by atoms with Crippen LogP contribution in [-0.2, 0) is 4.79 Å². The lowest BCUT2D eigenvalue weighted by Gasteiger charge is -2.36. The Kier molecular flexibility index (Phi) is 3.82. The van der Waals surface area contributed by atoms with Crippen LogP contribution in [0.1, 0.15) is 32.6 Å². The number of likely N-dealkylation sites (tertiary alicyclic amines) is 2. The molecule has 0 aromatic rings. The van der Waals surface area contributed by atoms with Gasteiger partial charge in [0.2, 0.25) is 5.91 Å². The van der Waals surface area contributed by atoms with E-state index in [9.17, 15) is 4.79 Å². The lowest BCUT2D eigenvalue weighted by molar-refractivity contribution is -0.131. The SMILES string of the molecule is CCCN1CCC(N2CCC(N)C2=O)CC1. The number of carbonyl (C=O) groups is 1. The fraction of sp³-hybridized carbons (Fsp3) is 0.917. The molecule has 0 saturated carbocycles. The molecule has 1 unspecified atom stereocenters. The maximum atomic E-state index is 11.8. The summed E-state index contributed by atoms with van der Waals surface area (Å²) < 4.78 is 0. The molecular formula is C12H23N3O. The molecule has 0 aromatic carbocycles. The number of piperidine rings is 1. The number of nitrogens with two attached hydrogens (primary N) is 1. The van der Waals surface area contributed by atoms with Gasteiger partial charge in [0, 0.05) is 25.7 Å². The molecule has 0 radical (unpaired) electrons. The van der Waals surface area contributed by atoms with Crippen molar-refractivity contribution in [2.75, 3.05) is 26.2 Å². The van der Waals surface area contributed by atoms with Crippen LogP contribution in [0.25, 0.3) is 0 Å². The third-order valence-corrected chi connectivity index (χ3v) is 3.82. The van der Waals surface area contributed by atoms with Gasteiger partial charge in [0.1, 0.15) is 0 Å². The average molecular weight is 225 g/mol. The van der Waals surface area contributed by atoms with E-state index in [0.717, 1.165) is 38.9 Å². The van der Waals surface area contributed by atoms with Gasteiger partial charge in [-0.05, 0) is 32.2 Å². The highest BCUT2D eigenvalue weighted by molar-refractivity contribution is 5.84. The standard InChI is InChI=1S/C12H23N3O/c1-2-6-14-7-3-10(4-8-14)15-9-5-11(13)12(15)16/h10-11H,2-9,13H2,1H3. The first-order valence-corrected chi connectivity index (χ1v) is 6.50. The lowest BCUT2D eigenvalue weighted by Crippen LogP contribution is -2.47. The van der Waals surface area contributed by atoms with E-state index in [-0.39, 0.29) is 11.9 Å². The molecule has 2 aliphatic heterocycles. The van der Waals surface area contributed by atoms with Crippen molar-refractivity contribution >= 4 is 5.91 Å². The van der Waals surface area contributed by atoms with Gasteiger partial charge in [-0.2, -0.15) is 0 Å². The minimum atomic E-state index is -0.228. The quantitative estimate of drug-likeness (QED) is 0.757. The second-order valence-electron chi connectivity index (χ2n) is 5.00. The zero-order chi connectivity index (χ0) is 11.5. The first kappa shape index (κ1) is 11.9. The maximum absolute atomic E-state index is 11.8. The van der Waals surface area contributed by atoms with E-state index in [1.54, 1.807) is 0 Å². The molecule has 16 heavy (non-hydrogen) atoms. The first-order chi connectivity index (χ1) is 7.72. The van der Waals surface area contributed by atoms with Crippen molar-refractivity contribution in [3.63, 3.8) is 0 Å². The van der Waals surface area contributed by atoms with Crippen LogP contribution in [0.3, 0.4) is 0 Å². The summed E-state index contributed by atoms with van der Waals surface area (Å²) in [6.45, 7) is 6.56. The molecule has 2 fully saturated rings. The summed E-state index contributed by atoms with van der Waals surface area (Å²) in [6, 6.07) is 0.225. The van der Waals surface area contributed by atoms with Crippen LogP contribution in [0.4, 0.5) is 0 Å². The molecule has 0 bridgehead atoms. The Hall–Kier alpha value is -0.610. The molecule has 2 rings (SSSR count).